The Balaban J connectivity index is 0.680. The molecule has 3 nitrogen and oxygen atoms in total. The van der Waals surface area contributed by atoms with Crippen LogP contribution in [0.25, 0.3) is 0 Å². The summed E-state index contributed by atoms with van der Waals surface area (Å²) in [6, 6.07) is 5.66. The first kappa shape index (κ1) is 40.0. The van der Waals surface area contributed by atoms with E-state index >= 15 is 0 Å². The van der Waals surface area contributed by atoms with Gasteiger partial charge in [-0.05, 0) is 220 Å². The number of hydrogen-bond donors (Lipinski definition) is 1. The van der Waals surface area contributed by atoms with Gasteiger partial charge < -0.3 is 5.32 Å². The van der Waals surface area contributed by atoms with E-state index in [1.807, 2.05) is 0 Å². The van der Waals surface area contributed by atoms with Crippen molar-refractivity contribution in [2.75, 3.05) is 6.54 Å². The summed E-state index contributed by atoms with van der Waals surface area (Å²) in [6.07, 6.45) is 52.5. The maximum absolute atomic E-state index is 4.03. The van der Waals surface area contributed by atoms with Crippen LogP contribution in [0.15, 0.2) is 0 Å². The molecule has 11 aliphatic rings. The normalized spacial score (nSPS) is 49.2. The second-order valence-electron chi connectivity index (χ2n) is 23.6. The molecule has 0 aromatic heterocycles. The Kier molecular flexibility index (Phi) is 12.7. The second-order valence-corrected chi connectivity index (χ2v) is 25.0. The van der Waals surface area contributed by atoms with Gasteiger partial charge in [0.15, 0.2) is 0 Å². The summed E-state index contributed by atoms with van der Waals surface area (Å²) >= 11 is 2.39. The molecule has 0 bridgehead atoms. The van der Waals surface area contributed by atoms with Crippen molar-refractivity contribution >= 4 is 11.8 Å². The Bertz CT molecular complexity index is 1250. The predicted octanol–water partition coefficient (Wildman–Crippen LogP) is 13.4. The Morgan fingerprint density at radius 1 is 0.386 bits per heavy atom. The summed E-state index contributed by atoms with van der Waals surface area (Å²) in [7, 11) is 0. The molecule has 10 unspecified atom stereocenters. The van der Waals surface area contributed by atoms with Crippen LogP contribution in [-0.4, -0.2) is 63.2 Å². The van der Waals surface area contributed by atoms with E-state index in [1.165, 1.54) is 103 Å². The third-order valence-corrected chi connectivity index (χ3v) is 23.0. The van der Waals surface area contributed by atoms with Crippen LogP contribution in [0.4, 0.5) is 0 Å². The van der Waals surface area contributed by atoms with Crippen molar-refractivity contribution in [2.45, 2.75) is 265 Å². The van der Waals surface area contributed by atoms with Gasteiger partial charge >= 0.3 is 0 Å². The maximum atomic E-state index is 4.03. The van der Waals surface area contributed by atoms with Crippen LogP contribution in [0, 0.1) is 59.2 Å². The molecule has 0 amide bonds. The number of thioether (sulfide) groups is 1. The predicted molar refractivity (Wildman–Crippen MR) is 241 cm³/mol. The van der Waals surface area contributed by atoms with Crippen LogP contribution in [-0.2, 0) is 0 Å². The average molecular weight is 800 g/mol. The number of hydrogen-bond acceptors (Lipinski definition) is 4. The SMILES string of the molecule is C1CCC(N(C2CCCCC2)C2CCC(C3CCC4C(C3)C3CCCCC3N4C3CCC(C4CCC(C5CCNC6SC7CCCCC7C65)CC4)CC3)CC2)CC1. The molecule has 8 saturated carbocycles. The summed E-state index contributed by atoms with van der Waals surface area (Å²) in [5.41, 5.74) is 0. The van der Waals surface area contributed by atoms with Crippen molar-refractivity contribution in [3.05, 3.63) is 0 Å². The molecule has 0 aromatic carbocycles. The molecule has 3 aliphatic heterocycles. The zero-order chi connectivity index (χ0) is 37.7. The van der Waals surface area contributed by atoms with E-state index in [1.54, 1.807) is 122 Å². The number of fused-ring (bicyclic) bond motifs is 6. The van der Waals surface area contributed by atoms with Gasteiger partial charge in [0.2, 0.25) is 0 Å². The third-order valence-electron chi connectivity index (χ3n) is 21.3. The van der Waals surface area contributed by atoms with Crippen LogP contribution in [0.2, 0.25) is 0 Å². The van der Waals surface area contributed by atoms with E-state index < -0.39 is 0 Å². The van der Waals surface area contributed by atoms with Crippen molar-refractivity contribution < 1.29 is 0 Å². The quantitative estimate of drug-likeness (QED) is 0.276. The van der Waals surface area contributed by atoms with Gasteiger partial charge in [-0.2, -0.15) is 0 Å². The number of nitrogens with zero attached hydrogens (tertiary/aromatic N) is 2. The molecule has 57 heavy (non-hydrogen) atoms. The lowest BCUT2D eigenvalue weighted by atomic mass is 9.62. The van der Waals surface area contributed by atoms with Crippen molar-refractivity contribution in [3.8, 4) is 0 Å². The monoisotopic (exact) mass is 800 g/mol. The van der Waals surface area contributed by atoms with Crippen molar-refractivity contribution in [2.24, 2.45) is 59.2 Å². The van der Waals surface area contributed by atoms with E-state index in [0.717, 1.165) is 106 Å². The molecule has 10 atom stereocenters. The zero-order valence-corrected chi connectivity index (χ0v) is 37.8. The van der Waals surface area contributed by atoms with Crippen molar-refractivity contribution in [1.82, 2.24) is 15.1 Å². The first-order valence-corrected chi connectivity index (χ1v) is 28.1. The molecular weight excluding hydrogens is 711 g/mol. The summed E-state index contributed by atoms with van der Waals surface area (Å²) in [5, 5.41) is 5.83. The van der Waals surface area contributed by atoms with Gasteiger partial charge in [-0.3, -0.25) is 9.80 Å². The Labute approximate surface area is 356 Å². The first-order valence-electron chi connectivity index (χ1n) is 27.2. The minimum atomic E-state index is 0.807. The highest BCUT2D eigenvalue weighted by molar-refractivity contribution is 8.00. The number of piperidine rings is 1. The number of rotatable bonds is 7. The fourth-order valence-electron chi connectivity index (χ4n) is 18.8. The van der Waals surface area contributed by atoms with E-state index in [-0.39, 0.29) is 0 Å². The molecule has 322 valence electrons. The van der Waals surface area contributed by atoms with Crippen molar-refractivity contribution in [3.63, 3.8) is 0 Å². The van der Waals surface area contributed by atoms with Crippen LogP contribution in [0.5, 0.6) is 0 Å². The molecule has 3 saturated heterocycles. The minimum absolute atomic E-state index is 0.807. The van der Waals surface area contributed by atoms with Gasteiger partial charge in [-0.25, -0.2) is 0 Å². The lowest BCUT2D eigenvalue weighted by molar-refractivity contribution is 0.00211. The lowest BCUT2D eigenvalue weighted by Gasteiger charge is -2.50. The summed E-state index contributed by atoms with van der Waals surface area (Å²) < 4.78 is 0. The van der Waals surface area contributed by atoms with E-state index in [0.29, 0.717) is 0 Å². The Hall–Kier alpha value is 0.230. The molecule has 3 heterocycles. The molecule has 11 rings (SSSR count). The van der Waals surface area contributed by atoms with E-state index in [2.05, 4.69) is 26.9 Å². The Morgan fingerprint density at radius 2 is 0.912 bits per heavy atom. The molecular formula is C53H89N3S. The molecule has 1 N–H and O–H groups in total. The van der Waals surface area contributed by atoms with Gasteiger partial charge in [0, 0.05) is 41.5 Å². The molecule has 8 aliphatic carbocycles. The molecule has 0 spiro atoms. The highest BCUT2D eigenvalue weighted by Crippen LogP contribution is 2.58. The highest BCUT2D eigenvalue weighted by Gasteiger charge is 2.55. The molecule has 0 radical (unpaired) electrons. The molecule has 11 fully saturated rings. The maximum Gasteiger partial charge on any atom is 0.0569 e. The molecule has 0 aromatic rings. The minimum Gasteiger partial charge on any atom is -0.305 e. The standard InChI is InChI=1S/C53H89N3S/c1-3-11-41(12-4-1)55(42-13-5-2-6-14-42)43-28-25-38(26-29-43)40-27-32-50-48(35-40)46-15-7-9-17-49(46)56(50)44-30-23-37(24-31-44)36-19-21-39(22-20-36)45-33-34-54-53-52(45)47-16-8-10-18-51(47)57-53/h36-54H,1-35H2. The van der Waals surface area contributed by atoms with Gasteiger partial charge in [0.1, 0.15) is 0 Å². The fraction of sp³-hybridized carbons (Fsp3) is 1.00. The smallest absolute Gasteiger partial charge is 0.0569 e. The Morgan fingerprint density at radius 3 is 1.63 bits per heavy atom. The topological polar surface area (TPSA) is 18.5 Å². The van der Waals surface area contributed by atoms with E-state index in [9.17, 15) is 0 Å². The van der Waals surface area contributed by atoms with Gasteiger partial charge in [0.05, 0.1) is 5.37 Å². The summed E-state index contributed by atoms with van der Waals surface area (Å²) in [5.74, 6) is 10.5. The van der Waals surface area contributed by atoms with Gasteiger partial charge in [-0.15, -0.1) is 11.8 Å². The second kappa shape index (κ2) is 18.1. The fourth-order valence-corrected chi connectivity index (χ4v) is 20.8. The van der Waals surface area contributed by atoms with Gasteiger partial charge in [0.25, 0.3) is 0 Å². The third kappa shape index (κ3) is 8.06. The van der Waals surface area contributed by atoms with E-state index in [4.69, 9.17) is 0 Å². The van der Waals surface area contributed by atoms with Crippen molar-refractivity contribution in [1.29, 1.82) is 0 Å². The zero-order valence-electron chi connectivity index (χ0n) is 36.9. The largest absolute Gasteiger partial charge is 0.305 e. The highest BCUT2D eigenvalue weighted by atomic mass is 32.2. The lowest BCUT2D eigenvalue weighted by Crippen LogP contribution is -2.52. The summed E-state index contributed by atoms with van der Waals surface area (Å²) in [6.45, 7) is 1.31. The van der Waals surface area contributed by atoms with Crippen LogP contribution < -0.4 is 5.32 Å². The first-order chi connectivity index (χ1) is 28.3. The van der Waals surface area contributed by atoms with Crippen LogP contribution in [0.3, 0.4) is 0 Å². The molecule has 4 heteroatoms. The van der Waals surface area contributed by atoms with Crippen LogP contribution >= 0.6 is 11.8 Å². The average Bonchev–Trinajstić information content (AvgIpc) is 3.83. The van der Waals surface area contributed by atoms with Crippen LogP contribution in [0.1, 0.15) is 218 Å². The van der Waals surface area contributed by atoms with Gasteiger partial charge in [-0.1, -0.05) is 64.2 Å². The number of likely N-dealkylation sites (tertiary alicyclic amines) is 1. The number of nitrogens with one attached hydrogen (secondary N) is 1. The summed E-state index contributed by atoms with van der Waals surface area (Å²) in [4.78, 5) is 6.57.